The van der Waals surface area contributed by atoms with Crippen LogP contribution in [0.15, 0.2) is 30.3 Å². The van der Waals surface area contributed by atoms with Crippen LogP contribution < -0.4 is 0 Å². The van der Waals surface area contributed by atoms with Crippen molar-refractivity contribution >= 4 is 5.97 Å². The van der Waals surface area contributed by atoms with Gasteiger partial charge in [0, 0.05) is 19.6 Å². The SMILES string of the molecule is COC(=O)C(CN1CCOC(C#N)C1)c1ccccc1. The van der Waals surface area contributed by atoms with Gasteiger partial charge in [0.1, 0.15) is 0 Å². The first-order chi connectivity index (χ1) is 9.74. The predicted molar refractivity (Wildman–Crippen MR) is 73.0 cm³/mol. The molecule has 2 atom stereocenters. The van der Waals surface area contributed by atoms with Crippen molar-refractivity contribution in [2.75, 3.05) is 33.4 Å². The number of nitrogens with zero attached hydrogens (tertiary/aromatic N) is 2. The first kappa shape index (κ1) is 14.5. The lowest BCUT2D eigenvalue weighted by Crippen LogP contribution is -2.44. The topological polar surface area (TPSA) is 62.6 Å². The Morgan fingerprint density at radius 3 is 2.95 bits per heavy atom. The number of carbonyl (C=O) groups excluding carboxylic acids is 1. The highest BCUT2D eigenvalue weighted by Crippen LogP contribution is 2.20. The number of ether oxygens (including phenoxy) is 2. The lowest BCUT2D eigenvalue weighted by atomic mass is 9.98. The van der Waals surface area contributed by atoms with E-state index in [9.17, 15) is 4.79 Å². The molecule has 0 spiro atoms. The molecular weight excluding hydrogens is 256 g/mol. The van der Waals surface area contributed by atoms with Gasteiger partial charge in [-0.25, -0.2) is 0 Å². The molecule has 20 heavy (non-hydrogen) atoms. The van der Waals surface area contributed by atoms with Crippen molar-refractivity contribution in [1.82, 2.24) is 4.90 Å². The van der Waals surface area contributed by atoms with Crippen molar-refractivity contribution in [2.45, 2.75) is 12.0 Å². The second kappa shape index (κ2) is 7.04. The Bertz CT molecular complexity index is 484. The fourth-order valence-electron chi connectivity index (χ4n) is 2.35. The van der Waals surface area contributed by atoms with Crippen LogP contribution in [-0.4, -0.2) is 50.3 Å². The van der Waals surface area contributed by atoms with Crippen molar-refractivity contribution in [3.05, 3.63) is 35.9 Å². The van der Waals surface area contributed by atoms with E-state index in [0.717, 1.165) is 12.1 Å². The number of esters is 1. The second-order valence-corrected chi connectivity index (χ2v) is 4.73. The number of hydrogen-bond acceptors (Lipinski definition) is 5. The zero-order valence-electron chi connectivity index (χ0n) is 11.5. The van der Waals surface area contributed by atoms with Gasteiger partial charge in [-0.2, -0.15) is 5.26 Å². The van der Waals surface area contributed by atoms with Gasteiger partial charge in [0.2, 0.25) is 0 Å². The Kier molecular flexibility index (Phi) is 5.10. The first-order valence-electron chi connectivity index (χ1n) is 6.61. The molecule has 1 aliphatic heterocycles. The average molecular weight is 274 g/mol. The molecule has 0 aliphatic carbocycles. The Hall–Kier alpha value is -1.90. The maximum atomic E-state index is 12.0. The summed E-state index contributed by atoms with van der Waals surface area (Å²) in [7, 11) is 1.40. The van der Waals surface area contributed by atoms with Crippen molar-refractivity contribution in [1.29, 1.82) is 5.26 Å². The first-order valence-corrected chi connectivity index (χ1v) is 6.61. The second-order valence-electron chi connectivity index (χ2n) is 4.73. The van der Waals surface area contributed by atoms with E-state index >= 15 is 0 Å². The zero-order chi connectivity index (χ0) is 14.4. The number of benzene rings is 1. The monoisotopic (exact) mass is 274 g/mol. The van der Waals surface area contributed by atoms with Gasteiger partial charge in [-0.15, -0.1) is 0 Å². The van der Waals surface area contributed by atoms with Crippen LogP contribution in [0.4, 0.5) is 0 Å². The van der Waals surface area contributed by atoms with E-state index < -0.39 is 6.10 Å². The molecule has 5 heteroatoms. The van der Waals surface area contributed by atoms with E-state index in [1.165, 1.54) is 7.11 Å². The van der Waals surface area contributed by atoms with Gasteiger partial charge in [0.15, 0.2) is 6.10 Å². The van der Waals surface area contributed by atoms with Crippen molar-refractivity contribution in [2.24, 2.45) is 0 Å². The van der Waals surface area contributed by atoms with Crippen molar-refractivity contribution in [3.63, 3.8) is 0 Å². The number of morpholine rings is 1. The van der Waals surface area contributed by atoms with Crippen molar-refractivity contribution in [3.8, 4) is 6.07 Å². The van der Waals surface area contributed by atoms with Gasteiger partial charge in [0.25, 0.3) is 0 Å². The lowest BCUT2D eigenvalue weighted by molar-refractivity contribution is -0.143. The summed E-state index contributed by atoms with van der Waals surface area (Å²) in [4.78, 5) is 14.1. The van der Waals surface area contributed by atoms with Gasteiger partial charge in [-0.1, -0.05) is 30.3 Å². The highest BCUT2D eigenvalue weighted by molar-refractivity contribution is 5.78. The molecule has 1 aromatic carbocycles. The van der Waals surface area contributed by atoms with Crippen LogP contribution in [0.5, 0.6) is 0 Å². The minimum absolute atomic E-state index is 0.254. The Labute approximate surface area is 118 Å². The fourth-order valence-corrected chi connectivity index (χ4v) is 2.35. The normalized spacial score (nSPS) is 20.9. The molecule has 5 nitrogen and oxygen atoms in total. The summed E-state index contributed by atoms with van der Waals surface area (Å²) in [6, 6.07) is 11.7. The van der Waals surface area contributed by atoms with Gasteiger partial charge >= 0.3 is 5.97 Å². The minimum Gasteiger partial charge on any atom is -0.469 e. The molecule has 1 aromatic rings. The third-order valence-corrected chi connectivity index (χ3v) is 3.42. The molecule has 0 N–H and O–H groups in total. The zero-order valence-corrected chi connectivity index (χ0v) is 11.5. The van der Waals surface area contributed by atoms with Crippen LogP contribution >= 0.6 is 0 Å². The number of nitriles is 1. The number of methoxy groups -OCH3 is 1. The third-order valence-electron chi connectivity index (χ3n) is 3.42. The van der Waals surface area contributed by atoms with Gasteiger partial charge in [-0.05, 0) is 5.56 Å². The molecular formula is C15H18N2O3. The van der Waals surface area contributed by atoms with Gasteiger partial charge < -0.3 is 9.47 Å². The molecule has 0 bridgehead atoms. The maximum absolute atomic E-state index is 12.0. The molecule has 0 saturated carbocycles. The Balaban J connectivity index is 2.09. The molecule has 1 saturated heterocycles. The number of rotatable bonds is 4. The summed E-state index contributed by atoms with van der Waals surface area (Å²) < 4.78 is 10.2. The van der Waals surface area contributed by atoms with Crippen LogP contribution in [0.3, 0.4) is 0 Å². The quantitative estimate of drug-likeness (QED) is 0.771. The molecule has 2 unspecified atom stereocenters. The number of carbonyl (C=O) groups is 1. The van der Waals surface area contributed by atoms with Crippen LogP contribution in [0, 0.1) is 11.3 Å². The summed E-state index contributed by atoms with van der Waals surface area (Å²) >= 11 is 0. The van der Waals surface area contributed by atoms with Crippen molar-refractivity contribution < 1.29 is 14.3 Å². The Morgan fingerprint density at radius 2 is 2.30 bits per heavy atom. The smallest absolute Gasteiger partial charge is 0.314 e. The van der Waals surface area contributed by atoms with Crippen LogP contribution in [0.2, 0.25) is 0 Å². The van der Waals surface area contributed by atoms with Crippen LogP contribution in [0.1, 0.15) is 11.5 Å². The molecule has 1 aliphatic rings. The highest BCUT2D eigenvalue weighted by atomic mass is 16.5. The molecule has 106 valence electrons. The Morgan fingerprint density at radius 1 is 1.55 bits per heavy atom. The molecule has 0 amide bonds. The molecule has 0 radical (unpaired) electrons. The van der Waals surface area contributed by atoms with E-state index in [1.807, 2.05) is 30.3 Å². The molecule has 1 fully saturated rings. The van der Waals surface area contributed by atoms with Gasteiger partial charge in [0.05, 0.1) is 25.7 Å². The van der Waals surface area contributed by atoms with E-state index in [1.54, 1.807) is 0 Å². The van der Waals surface area contributed by atoms with E-state index in [0.29, 0.717) is 19.7 Å². The van der Waals surface area contributed by atoms with Crippen LogP contribution in [-0.2, 0) is 14.3 Å². The van der Waals surface area contributed by atoms with Crippen LogP contribution in [0.25, 0.3) is 0 Å². The standard InChI is InChI=1S/C15H18N2O3/c1-19-15(18)14(12-5-3-2-4-6-12)11-17-7-8-20-13(9-16)10-17/h2-6,13-14H,7-8,10-11H2,1H3. The minimum atomic E-state index is -0.419. The number of hydrogen-bond donors (Lipinski definition) is 0. The maximum Gasteiger partial charge on any atom is 0.314 e. The summed E-state index contributed by atoms with van der Waals surface area (Å²) in [5.74, 6) is -0.588. The lowest BCUT2D eigenvalue weighted by Gasteiger charge is -2.31. The summed E-state index contributed by atoms with van der Waals surface area (Å²) in [5, 5.41) is 8.92. The van der Waals surface area contributed by atoms with E-state index in [-0.39, 0.29) is 11.9 Å². The fraction of sp³-hybridized carbons (Fsp3) is 0.467. The summed E-state index contributed by atoms with van der Waals surface area (Å²) in [6.07, 6.45) is -0.419. The van der Waals surface area contributed by atoms with Gasteiger partial charge in [-0.3, -0.25) is 9.69 Å². The molecule has 1 heterocycles. The predicted octanol–water partition coefficient (Wildman–Crippen LogP) is 1.17. The third kappa shape index (κ3) is 3.56. The summed E-state index contributed by atoms with van der Waals surface area (Å²) in [6.45, 7) is 2.30. The molecule has 0 aromatic heterocycles. The molecule has 2 rings (SSSR count). The van der Waals surface area contributed by atoms with E-state index in [2.05, 4.69) is 11.0 Å². The summed E-state index contributed by atoms with van der Waals surface area (Å²) in [5.41, 5.74) is 0.930. The highest BCUT2D eigenvalue weighted by Gasteiger charge is 2.27. The average Bonchev–Trinajstić information content (AvgIpc) is 2.53. The largest absolute Gasteiger partial charge is 0.469 e. The van der Waals surface area contributed by atoms with E-state index in [4.69, 9.17) is 14.7 Å².